The van der Waals surface area contributed by atoms with Gasteiger partial charge in [0.05, 0.1) is 12.5 Å². The molecule has 0 aliphatic heterocycles. The quantitative estimate of drug-likeness (QED) is 0.708. The van der Waals surface area contributed by atoms with Gasteiger partial charge in [0.15, 0.2) is 5.78 Å². The highest BCUT2D eigenvalue weighted by Gasteiger charge is 2.49. The molecule has 0 spiro atoms. The molecule has 82 valence electrons. The standard InChI is InChI=1S/C7H10F3NO3/c1-3(6(13)14)5(4(12)2-11)7(8,9)10/h3,5H,2,11H2,1H3,(H,13,14). The highest BCUT2D eigenvalue weighted by Crippen LogP contribution is 2.32. The van der Waals surface area contributed by atoms with Crippen LogP contribution in [-0.2, 0) is 9.59 Å². The van der Waals surface area contributed by atoms with Gasteiger partial charge in [-0.1, -0.05) is 6.92 Å². The third kappa shape index (κ3) is 2.99. The van der Waals surface area contributed by atoms with E-state index in [1.165, 1.54) is 0 Å². The minimum Gasteiger partial charge on any atom is -0.481 e. The Morgan fingerprint density at radius 1 is 1.43 bits per heavy atom. The molecule has 0 heterocycles. The van der Waals surface area contributed by atoms with Gasteiger partial charge in [0.25, 0.3) is 0 Å². The number of hydrogen-bond donors (Lipinski definition) is 2. The van der Waals surface area contributed by atoms with E-state index in [1.54, 1.807) is 0 Å². The van der Waals surface area contributed by atoms with Crippen LogP contribution in [0.3, 0.4) is 0 Å². The molecule has 0 aliphatic rings. The first-order valence-electron chi connectivity index (χ1n) is 3.74. The summed E-state index contributed by atoms with van der Waals surface area (Å²) in [5, 5.41) is 8.37. The number of carbonyl (C=O) groups excluding carboxylic acids is 1. The highest BCUT2D eigenvalue weighted by molar-refractivity contribution is 5.88. The molecule has 7 heteroatoms. The fourth-order valence-electron chi connectivity index (χ4n) is 1.01. The first-order chi connectivity index (χ1) is 6.21. The molecule has 0 aromatic rings. The van der Waals surface area contributed by atoms with Crippen LogP contribution in [0, 0.1) is 11.8 Å². The third-order valence-corrected chi connectivity index (χ3v) is 1.79. The van der Waals surface area contributed by atoms with E-state index in [0.717, 1.165) is 6.92 Å². The van der Waals surface area contributed by atoms with Gasteiger partial charge in [0.2, 0.25) is 0 Å². The van der Waals surface area contributed by atoms with E-state index in [-0.39, 0.29) is 0 Å². The lowest BCUT2D eigenvalue weighted by Gasteiger charge is -2.21. The lowest BCUT2D eigenvalue weighted by atomic mass is 9.89. The highest BCUT2D eigenvalue weighted by atomic mass is 19.4. The summed E-state index contributed by atoms with van der Waals surface area (Å²) in [4.78, 5) is 21.1. The summed E-state index contributed by atoms with van der Waals surface area (Å²) in [5.74, 6) is -7.32. The SMILES string of the molecule is CC(C(=O)O)C(C(=O)CN)C(F)(F)F. The van der Waals surface area contributed by atoms with Gasteiger partial charge in [-0.2, -0.15) is 13.2 Å². The van der Waals surface area contributed by atoms with Gasteiger partial charge in [-0.05, 0) is 0 Å². The zero-order valence-electron chi connectivity index (χ0n) is 7.34. The van der Waals surface area contributed by atoms with Gasteiger partial charge in [0, 0.05) is 0 Å². The Bertz CT molecular complexity index is 239. The van der Waals surface area contributed by atoms with Gasteiger partial charge in [-0.25, -0.2) is 0 Å². The molecule has 0 radical (unpaired) electrons. The number of carboxylic acids is 1. The molecule has 3 N–H and O–H groups in total. The van der Waals surface area contributed by atoms with E-state index >= 15 is 0 Å². The number of carbonyl (C=O) groups is 2. The van der Waals surface area contributed by atoms with Crippen LogP contribution in [0.4, 0.5) is 13.2 Å². The fraction of sp³-hybridized carbons (Fsp3) is 0.714. The molecular weight excluding hydrogens is 203 g/mol. The van der Waals surface area contributed by atoms with Gasteiger partial charge >= 0.3 is 12.1 Å². The predicted octanol–water partition coefficient (Wildman–Crippen LogP) is 0.413. The second-order valence-electron chi connectivity index (χ2n) is 2.82. The second-order valence-corrected chi connectivity index (χ2v) is 2.82. The molecule has 0 aromatic carbocycles. The first-order valence-corrected chi connectivity index (χ1v) is 3.74. The summed E-state index contributed by atoms with van der Waals surface area (Å²) < 4.78 is 36.7. The number of nitrogens with two attached hydrogens (primary N) is 1. The molecule has 0 fully saturated rings. The summed E-state index contributed by atoms with van der Waals surface area (Å²) >= 11 is 0. The summed E-state index contributed by atoms with van der Waals surface area (Å²) in [6.07, 6.45) is -4.87. The molecule has 14 heavy (non-hydrogen) atoms. The van der Waals surface area contributed by atoms with Crippen molar-refractivity contribution in [3.8, 4) is 0 Å². The van der Waals surface area contributed by atoms with Gasteiger partial charge in [-0.15, -0.1) is 0 Å². The Kier molecular flexibility index (Phi) is 4.06. The van der Waals surface area contributed by atoms with Crippen LogP contribution in [0.15, 0.2) is 0 Å². The Balaban J connectivity index is 4.92. The Labute approximate surface area is 77.9 Å². The van der Waals surface area contributed by atoms with Crippen molar-refractivity contribution in [3.63, 3.8) is 0 Å². The lowest BCUT2D eigenvalue weighted by Crippen LogP contribution is -2.42. The van der Waals surface area contributed by atoms with Crippen LogP contribution in [-0.4, -0.2) is 29.6 Å². The average Bonchev–Trinajstić information content (AvgIpc) is 2.01. The first kappa shape index (κ1) is 12.9. The predicted molar refractivity (Wildman–Crippen MR) is 40.4 cm³/mol. The molecule has 4 nitrogen and oxygen atoms in total. The topological polar surface area (TPSA) is 80.4 Å². The van der Waals surface area contributed by atoms with Crippen LogP contribution in [0.2, 0.25) is 0 Å². The molecule has 2 unspecified atom stereocenters. The average molecular weight is 213 g/mol. The molecule has 0 saturated carbocycles. The molecule has 0 aliphatic carbocycles. The maximum absolute atomic E-state index is 12.2. The number of halogens is 3. The largest absolute Gasteiger partial charge is 0.481 e. The van der Waals surface area contributed by atoms with E-state index in [2.05, 4.69) is 0 Å². The van der Waals surface area contributed by atoms with Crippen molar-refractivity contribution in [2.75, 3.05) is 6.54 Å². The Hall–Kier alpha value is -1.11. The van der Waals surface area contributed by atoms with Gasteiger partial charge in [-0.3, -0.25) is 9.59 Å². The van der Waals surface area contributed by atoms with Crippen molar-refractivity contribution < 1.29 is 27.9 Å². The third-order valence-electron chi connectivity index (χ3n) is 1.79. The normalized spacial score (nSPS) is 16.1. The van der Waals surface area contributed by atoms with Crippen LogP contribution < -0.4 is 5.73 Å². The lowest BCUT2D eigenvalue weighted by molar-refractivity contribution is -0.196. The van der Waals surface area contributed by atoms with Gasteiger partial charge in [0.1, 0.15) is 5.92 Å². The van der Waals surface area contributed by atoms with Crippen LogP contribution in [0.1, 0.15) is 6.92 Å². The molecule has 0 amide bonds. The van der Waals surface area contributed by atoms with Crippen molar-refractivity contribution in [2.45, 2.75) is 13.1 Å². The molecular formula is C7H10F3NO3. The van der Waals surface area contributed by atoms with E-state index in [0.29, 0.717) is 0 Å². The van der Waals surface area contributed by atoms with E-state index in [1.807, 2.05) is 0 Å². The monoisotopic (exact) mass is 213 g/mol. The van der Waals surface area contributed by atoms with Gasteiger partial charge < -0.3 is 10.8 Å². The number of hydrogen-bond acceptors (Lipinski definition) is 3. The maximum Gasteiger partial charge on any atom is 0.399 e. The fourth-order valence-corrected chi connectivity index (χ4v) is 1.01. The van der Waals surface area contributed by atoms with Crippen molar-refractivity contribution in [1.82, 2.24) is 0 Å². The van der Waals surface area contributed by atoms with E-state index < -0.39 is 36.3 Å². The van der Waals surface area contributed by atoms with E-state index in [4.69, 9.17) is 10.8 Å². The van der Waals surface area contributed by atoms with Crippen molar-refractivity contribution in [3.05, 3.63) is 0 Å². The maximum atomic E-state index is 12.2. The van der Waals surface area contributed by atoms with Crippen molar-refractivity contribution >= 4 is 11.8 Å². The van der Waals surface area contributed by atoms with Crippen molar-refractivity contribution in [2.24, 2.45) is 17.6 Å². The zero-order chi connectivity index (χ0) is 11.5. The molecule has 0 rings (SSSR count). The molecule has 0 bridgehead atoms. The smallest absolute Gasteiger partial charge is 0.399 e. The Morgan fingerprint density at radius 2 is 1.86 bits per heavy atom. The summed E-state index contributed by atoms with van der Waals surface area (Å²) in [6, 6.07) is 0. The minimum absolute atomic E-state index is 0.818. The number of Topliss-reactive ketones (excluding diaryl/α,β-unsaturated/α-hetero) is 1. The summed E-state index contributed by atoms with van der Waals surface area (Å²) in [5.41, 5.74) is 4.77. The number of carboxylic acid groups (broad SMARTS) is 1. The molecule has 0 saturated heterocycles. The van der Waals surface area contributed by atoms with Crippen LogP contribution in [0.5, 0.6) is 0 Å². The van der Waals surface area contributed by atoms with Crippen LogP contribution in [0.25, 0.3) is 0 Å². The summed E-state index contributed by atoms with van der Waals surface area (Å²) in [6.45, 7) is 0.00977. The number of rotatable bonds is 4. The number of ketones is 1. The Morgan fingerprint density at radius 3 is 2.07 bits per heavy atom. The summed E-state index contributed by atoms with van der Waals surface area (Å²) in [7, 11) is 0. The number of aliphatic carboxylic acids is 1. The minimum atomic E-state index is -4.87. The molecule has 0 aromatic heterocycles. The van der Waals surface area contributed by atoms with Crippen molar-refractivity contribution in [1.29, 1.82) is 0 Å². The number of alkyl halides is 3. The van der Waals surface area contributed by atoms with E-state index in [9.17, 15) is 22.8 Å². The second kappa shape index (κ2) is 4.41. The van der Waals surface area contributed by atoms with Crippen LogP contribution >= 0.6 is 0 Å². The molecule has 2 atom stereocenters. The zero-order valence-corrected chi connectivity index (χ0v) is 7.34.